The Morgan fingerprint density at radius 3 is 2.74 bits per heavy atom. The molecule has 0 saturated carbocycles. The van der Waals surface area contributed by atoms with Crippen LogP contribution in [-0.4, -0.2) is 61.8 Å². The van der Waals surface area contributed by atoms with Gasteiger partial charge in [0.15, 0.2) is 11.7 Å². The molecule has 3 aromatic carbocycles. The highest BCUT2D eigenvalue weighted by Crippen LogP contribution is 2.33. The summed E-state index contributed by atoms with van der Waals surface area (Å²) in [5.41, 5.74) is 0.727. The van der Waals surface area contributed by atoms with Crippen molar-refractivity contribution in [2.24, 2.45) is 0 Å². The number of para-hydroxylation sites is 1. The van der Waals surface area contributed by atoms with Gasteiger partial charge >= 0.3 is 0 Å². The number of morpholine rings is 1. The number of hydrogen-bond donors (Lipinski definition) is 0. The molecular formula is C26H26ClN3O3S. The highest BCUT2D eigenvalue weighted by molar-refractivity contribution is 7.22. The van der Waals surface area contributed by atoms with Gasteiger partial charge in [-0.05, 0) is 41.5 Å². The molecule has 0 atom stereocenters. The van der Waals surface area contributed by atoms with Crippen molar-refractivity contribution < 1.29 is 14.3 Å². The van der Waals surface area contributed by atoms with Crippen molar-refractivity contribution in [3.8, 4) is 5.75 Å². The summed E-state index contributed by atoms with van der Waals surface area (Å²) in [6.07, 6.45) is 0.839. The Hall–Kier alpha value is -2.71. The fraction of sp³-hybridized carbons (Fsp3) is 0.308. The van der Waals surface area contributed by atoms with Crippen molar-refractivity contribution in [2.45, 2.75) is 6.42 Å². The van der Waals surface area contributed by atoms with E-state index in [2.05, 4.69) is 11.0 Å². The lowest BCUT2D eigenvalue weighted by atomic mass is 10.1. The number of carbonyl (C=O) groups excluding carboxylic acids is 1. The van der Waals surface area contributed by atoms with Crippen molar-refractivity contribution in [3.05, 3.63) is 65.7 Å². The number of nitrogens with zero attached hydrogens (tertiary/aromatic N) is 3. The number of thiazole rings is 1. The summed E-state index contributed by atoms with van der Waals surface area (Å²) >= 11 is 7.82. The van der Waals surface area contributed by atoms with Crippen LogP contribution in [0.1, 0.15) is 6.42 Å². The van der Waals surface area contributed by atoms with Crippen LogP contribution in [0.5, 0.6) is 5.75 Å². The molecule has 0 unspecified atom stereocenters. The number of aromatic nitrogens is 1. The van der Waals surface area contributed by atoms with Crippen molar-refractivity contribution in [2.75, 3.05) is 50.9 Å². The smallest absolute Gasteiger partial charge is 0.266 e. The number of rotatable bonds is 8. The molecule has 1 aliphatic rings. The summed E-state index contributed by atoms with van der Waals surface area (Å²) in [5.74, 6) is 0.554. The van der Waals surface area contributed by atoms with Crippen LogP contribution in [0.4, 0.5) is 5.13 Å². The van der Waals surface area contributed by atoms with E-state index in [0.717, 1.165) is 60.3 Å². The van der Waals surface area contributed by atoms with Crippen LogP contribution < -0.4 is 9.64 Å². The molecule has 8 heteroatoms. The fourth-order valence-corrected chi connectivity index (χ4v) is 5.41. The van der Waals surface area contributed by atoms with E-state index in [1.54, 1.807) is 4.90 Å². The normalized spacial score (nSPS) is 14.5. The molecule has 1 aromatic heterocycles. The van der Waals surface area contributed by atoms with E-state index in [9.17, 15) is 4.79 Å². The minimum Gasteiger partial charge on any atom is -0.484 e. The van der Waals surface area contributed by atoms with Gasteiger partial charge in [0, 0.05) is 26.2 Å². The van der Waals surface area contributed by atoms with Crippen molar-refractivity contribution in [1.29, 1.82) is 0 Å². The lowest BCUT2D eigenvalue weighted by Gasteiger charge is -2.27. The van der Waals surface area contributed by atoms with Crippen LogP contribution >= 0.6 is 22.9 Å². The third-order valence-corrected chi connectivity index (χ3v) is 7.28. The molecule has 1 aliphatic heterocycles. The molecular weight excluding hydrogens is 470 g/mol. The molecule has 0 N–H and O–H groups in total. The van der Waals surface area contributed by atoms with E-state index in [4.69, 9.17) is 26.1 Å². The zero-order chi connectivity index (χ0) is 23.3. The van der Waals surface area contributed by atoms with Crippen LogP contribution in [0, 0.1) is 0 Å². The lowest BCUT2D eigenvalue weighted by Crippen LogP contribution is -2.40. The maximum atomic E-state index is 13.3. The molecule has 1 saturated heterocycles. The number of benzene rings is 3. The second-order valence-electron chi connectivity index (χ2n) is 8.23. The van der Waals surface area contributed by atoms with Gasteiger partial charge in [-0.2, -0.15) is 0 Å². The SMILES string of the molecule is O=C(COc1ccc2ccccc2c1)N(CCCN1CCOCC1)c1nc2c(Cl)cccc2s1. The van der Waals surface area contributed by atoms with E-state index >= 15 is 0 Å². The topological polar surface area (TPSA) is 54.9 Å². The monoisotopic (exact) mass is 495 g/mol. The first-order valence-corrected chi connectivity index (χ1v) is 12.6. The number of anilines is 1. The Morgan fingerprint density at radius 1 is 1.09 bits per heavy atom. The van der Waals surface area contributed by atoms with Gasteiger partial charge in [0.25, 0.3) is 5.91 Å². The van der Waals surface area contributed by atoms with Crippen molar-refractivity contribution in [3.63, 3.8) is 0 Å². The first-order chi connectivity index (χ1) is 16.7. The number of ether oxygens (including phenoxy) is 2. The highest BCUT2D eigenvalue weighted by Gasteiger charge is 2.22. The van der Waals surface area contributed by atoms with Crippen molar-refractivity contribution in [1.82, 2.24) is 9.88 Å². The molecule has 0 radical (unpaired) electrons. The van der Waals surface area contributed by atoms with Gasteiger partial charge in [0.05, 0.1) is 22.9 Å². The minimum atomic E-state index is -0.120. The molecule has 2 heterocycles. The van der Waals surface area contributed by atoms with Crippen LogP contribution in [0.25, 0.3) is 21.0 Å². The fourth-order valence-electron chi connectivity index (χ4n) is 4.10. The summed E-state index contributed by atoms with van der Waals surface area (Å²) in [7, 11) is 0. The van der Waals surface area contributed by atoms with Gasteiger partial charge in [-0.25, -0.2) is 4.98 Å². The Bertz CT molecular complexity index is 1290. The first kappa shape index (κ1) is 23.1. The third-order valence-electron chi connectivity index (χ3n) is 5.93. The first-order valence-electron chi connectivity index (χ1n) is 11.4. The largest absolute Gasteiger partial charge is 0.484 e. The van der Waals surface area contributed by atoms with Crippen molar-refractivity contribution >= 4 is 55.0 Å². The summed E-state index contributed by atoms with van der Waals surface area (Å²) in [6.45, 7) is 4.79. The Balaban J connectivity index is 1.31. The van der Waals surface area contributed by atoms with Gasteiger partial charge in [0.1, 0.15) is 11.3 Å². The zero-order valence-corrected chi connectivity index (χ0v) is 20.4. The number of halogens is 1. The maximum Gasteiger partial charge on any atom is 0.266 e. The molecule has 0 bridgehead atoms. The second-order valence-corrected chi connectivity index (χ2v) is 9.65. The van der Waals surface area contributed by atoms with Crippen LogP contribution in [0.3, 0.4) is 0 Å². The molecule has 4 aromatic rings. The Kier molecular flexibility index (Phi) is 7.25. The number of amides is 1. The third kappa shape index (κ3) is 5.33. The maximum absolute atomic E-state index is 13.3. The Morgan fingerprint density at radius 2 is 1.91 bits per heavy atom. The van der Waals surface area contributed by atoms with E-state index in [0.29, 0.717) is 22.4 Å². The van der Waals surface area contributed by atoms with Gasteiger partial charge < -0.3 is 9.47 Å². The summed E-state index contributed by atoms with van der Waals surface area (Å²) in [6, 6.07) is 19.7. The molecule has 6 nitrogen and oxygen atoms in total. The standard InChI is InChI=1S/C26H26ClN3O3S/c27-22-7-3-8-23-25(22)28-26(34-23)30(12-4-11-29-13-15-32-16-14-29)24(31)18-33-21-10-9-19-5-1-2-6-20(19)17-21/h1-3,5-10,17H,4,11-16,18H2. The van der Waals surface area contributed by atoms with Crippen LogP contribution in [-0.2, 0) is 9.53 Å². The van der Waals surface area contributed by atoms with E-state index in [-0.39, 0.29) is 12.5 Å². The predicted octanol–water partition coefficient (Wildman–Crippen LogP) is 5.24. The van der Waals surface area contributed by atoms with E-state index < -0.39 is 0 Å². The summed E-state index contributed by atoms with van der Waals surface area (Å²) in [4.78, 5) is 22.1. The highest BCUT2D eigenvalue weighted by atomic mass is 35.5. The average molecular weight is 496 g/mol. The molecule has 0 aliphatic carbocycles. The minimum absolute atomic E-state index is 0.0560. The molecule has 176 valence electrons. The van der Waals surface area contributed by atoms with E-state index in [1.165, 1.54) is 11.3 Å². The van der Waals surface area contributed by atoms with Gasteiger partial charge in [-0.3, -0.25) is 14.6 Å². The second kappa shape index (κ2) is 10.7. The van der Waals surface area contributed by atoms with Gasteiger partial charge in [-0.1, -0.05) is 59.3 Å². The number of hydrogen-bond acceptors (Lipinski definition) is 6. The molecule has 34 heavy (non-hydrogen) atoms. The van der Waals surface area contributed by atoms with E-state index in [1.807, 2.05) is 54.6 Å². The quantitative estimate of drug-likeness (QED) is 0.334. The average Bonchev–Trinajstić information content (AvgIpc) is 3.31. The molecule has 1 amide bonds. The van der Waals surface area contributed by atoms with Crippen LogP contribution in [0.2, 0.25) is 5.02 Å². The summed E-state index contributed by atoms with van der Waals surface area (Å²) in [5, 5.41) is 3.46. The van der Waals surface area contributed by atoms with Crippen LogP contribution in [0.15, 0.2) is 60.7 Å². The molecule has 5 rings (SSSR count). The lowest BCUT2D eigenvalue weighted by molar-refractivity contribution is -0.120. The van der Waals surface area contributed by atoms with Gasteiger partial charge in [0.2, 0.25) is 0 Å². The van der Waals surface area contributed by atoms with Gasteiger partial charge in [-0.15, -0.1) is 0 Å². The summed E-state index contributed by atoms with van der Waals surface area (Å²) < 4.78 is 12.3. The number of fused-ring (bicyclic) bond motifs is 2. The number of carbonyl (C=O) groups is 1. The zero-order valence-electron chi connectivity index (χ0n) is 18.8. The Labute approximate surface area is 207 Å². The molecule has 0 spiro atoms. The predicted molar refractivity (Wildman–Crippen MR) is 138 cm³/mol. The molecule has 1 fully saturated rings.